The first-order valence-electron chi connectivity index (χ1n) is 6.24. The summed E-state index contributed by atoms with van der Waals surface area (Å²) >= 11 is 0. The lowest BCUT2D eigenvalue weighted by molar-refractivity contribution is 0.0584. The molecule has 1 aliphatic rings. The molecule has 1 aromatic carbocycles. The number of carbonyl (C=O) groups is 1. The Hall–Kier alpha value is -1.58. The highest BCUT2D eigenvalue weighted by atomic mass is 19.1. The summed E-state index contributed by atoms with van der Waals surface area (Å²) in [6, 6.07) is 4.38. The van der Waals surface area contributed by atoms with Crippen LogP contribution in [0, 0.1) is 11.2 Å². The molecule has 18 heavy (non-hydrogen) atoms. The molecule has 1 aromatic rings. The monoisotopic (exact) mass is 250 g/mol. The van der Waals surface area contributed by atoms with Crippen LogP contribution in [-0.4, -0.2) is 23.9 Å². The molecule has 1 heterocycles. The number of anilines is 1. The number of hydrogen-bond donors (Lipinski definition) is 1. The normalized spacial score (nSPS) is 18.7. The topological polar surface area (TPSA) is 46.3 Å². The van der Waals surface area contributed by atoms with E-state index in [1.165, 1.54) is 12.1 Å². The summed E-state index contributed by atoms with van der Waals surface area (Å²) in [5.74, 6) is -0.697. The van der Waals surface area contributed by atoms with Crippen molar-refractivity contribution in [1.82, 2.24) is 4.90 Å². The van der Waals surface area contributed by atoms with Crippen LogP contribution in [-0.2, 0) is 0 Å². The third-order valence-corrected chi connectivity index (χ3v) is 3.47. The highest BCUT2D eigenvalue weighted by Gasteiger charge is 2.30. The maximum Gasteiger partial charge on any atom is 0.256 e. The number of hydrogen-bond acceptors (Lipinski definition) is 2. The predicted octanol–water partition coefficient (Wildman–Crippen LogP) is 2.67. The minimum Gasteiger partial charge on any atom is -0.396 e. The van der Waals surface area contributed by atoms with Gasteiger partial charge in [0, 0.05) is 13.1 Å². The number of halogens is 1. The van der Waals surface area contributed by atoms with Gasteiger partial charge in [0.05, 0.1) is 11.3 Å². The Morgan fingerprint density at radius 1 is 1.44 bits per heavy atom. The van der Waals surface area contributed by atoms with Gasteiger partial charge in [0.1, 0.15) is 5.82 Å². The van der Waals surface area contributed by atoms with Crippen LogP contribution < -0.4 is 5.73 Å². The Balaban J connectivity index is 2.23. The smallest absolute Gasteiger partial charge is 0.256 e. The Bertz CT molecular complexity index is 471. The summed E-state index contributed by atoms with van der Waals surface area (Å²) in [5.41, 5.74) is 5.98. The first-order chi connectivity index (χ1) is 8.41. The molecule has 0 aliphatic carbocycles. The van der Waals surface area contributed by atoms with Crippen molar-refractivity contribution >= 4 is 11.6 Å². The first kappa shape index (κ1) is 12.9. The van der Waals surface area contributed by atoms with Gasteiger partial charge in [0.2, 0.25) is 0 Å². The third kappa shape index (κ3) is 2.47. The van der Waals surface area contributed by atoms with E-state index in [0.29, 0.717) is 6.54 Å². The molecule has 0 aromatic heterocycles. The van der Waals surface area contributed by atoms with Crippen molar-refractivity contribution in [3.8, 4) is 0 Å². The summed E-state index contributed by atoms with van der Waals surface area (Å²) in [5, 5.41) is 0. The molecule has 0 radical (unpaired) electrons. The van der Waals surface area contributed by atoms with Crippen molar-refractivity contribution in [1.29, 1.82) is 0 Å². The van der Waals surface area contributed by atoms with Crippen LogP contribution in [0.25, 0.3) is 0 Å². The minimum atomic E-state index is -0.530. The predicted molar refractivity (Wildman–Crippen MR) is 69.7 cm³/mol. The van der Waals surface area contributed by atoms with Gasteiger partial charge in [-0.25, -0.2) is 4.39 Å². The Morgan fingerprint density at radius 3 is 2.83 bits per heavy atom. The average Bonchev–Trinajstić information content (AvgIpc) is 2.30. The van der Waals surface area contributed by atoms with E-state index in [9.17, 15) is 9.18 Å². The van der Waals surface area contributed by atoms with E-state index in [2.05, 4.69) is 13.8 Å². The zero-order chi connectivity index (χ0) is 13.3. The molecule has 3 nitrogen and oxygen atoms in total. The molecular weight excluding hydrogens is 231 g/mol. The SMILES string of the molecule is CC1(C)CCCN(C(=O)c2cccc(F)c2N)C1. The molecule has 4 heteroatoms. The number of nitrogens with zero attached hydrogens (tertiary/aromatic N) is 1. The van der Waals surface area contributed by atoms with Gasteiger partial charge in [-0.1, -0.05) is 19.9 Å². The Morgan fingerprint density at radius 2 is 2.17 bits per heavy atom. The van der Waals surface area contributed by atoms with Gasteiger partial charge < -0.3 is 10.6 Å². The fourth-order valence-corrected chi connectivity index (χ4v) is 2.49. The van der Waals surface area contributed by atoms with E-state index < -0.39 is 5.82 Å². The van der Waals surface area contributed by atoms with Gasteiger partial charge in [-0.2, -0.15) is 0 Å². The maximum atomic E-state index is 13.4. The van der Waals surface area contributed by atoms with E-state index in [-0.39, 0.29) is 22.6 Å². The van der Waals surface area contributed by atoms with Gasteiger partial charge in [0.15, 0.2) is 0 Å². The van der Waals surface area contributed by atoms with Crippen molar-refractivity contribution in [2.75, 3.05) is 18.8 Å². The van der Waals surface area contributed by atoms with E-state index in [1.807, 2.05) is 0 Å². The molecule has 1 saturated heterocycles. The first-order valence-corrected chi connectivity index (χ1v) is 6.24. The molecule has 0 unspecified atom stereocenters. The summed E-state index contributed by atoms with van der Waals surface area (Å²) in [7, 11) is 0. The molecule has 1 aliphatic heterocycles. The van der Waals surface area contributed by atoms with Crippen molar-refractivity contribution in [3.63, 3.8) is 0 Å². The molecule has 0 atom stereocenters. The third-order valence-electron chi connectivity index (χ3n) is 3.47. The number of likely N-dealkylation sites (tertiary alicyclic amines) is 1. The number of nitrogens with two attached hydrogens (primary N) is 1. The molecule has 1 amide bonds. The number of piperidine rings is 1. The Labute approximate surface area is 107 Å². The molecular formula is C14H19FN2O. The van der Waals surface area contributed by atoms with Gasteiger partial charge in [0.25, 0.3) is 5.91 Å². The maximum absolute atomic E-state index is 13.4. The van der Waals surface area contributed by atoms with Crippen molar-refractivity contribution < 1.29 is 9.18 Å². The summed E-state index contributed by atoms with van der Waals surface area (Å²) in [4.78, 5) is 14.1. The van der Waals surface area contributed by atoms with Crippen LogP contribution in [0.5, 0.6) is 0 Å². The average molecular weight is 250 g/mol. The van der Waals surface area contributed by atoms with Gasteiger partial charge >= 0.3 is 0 Å². The molecule has 0 spiro atoms. The van der Waals surface area contributed by atoms with E-state index >= 15 is 0 Å². The second kappa shape index (κ2) is 4.59. The summed E-state index contributed by atoms with van der Waals surface area (Å²) in [6.07, 6.45) is 2.09. The van der Waals surface area contributed by atoms with Crippen LogP contribution in [0.4, 0.5) is 10.1 Å². The molecule has 2 N–H and O–H groups in total. The van der Waals surface area contributed by atoms with Gasteiger partial charge in [-0.05, 0) is 30.4 Å². The zero-order valence-electron chi connectivity index (χ0n) is 10.9. The standard InChI is InChI=1S/C14H19FN2O/c1-14(2)7-4-8-17(9-14)13(18)10-5-3-6-11(15)12(10)16/h3,5-6H,4,7-9,16H2,1-2H3. The molecule has 2 rings (SSSR count). The van der Waals surface area contributed by atoms with Crippen LogP contribution >= 0.6 is 0 Å². The number of rotatable bonds is 1. The van der Waals surface area contributed by atoms with E-state index in [0.717, 1.165) is 19.4 Å². The fraction of sp³-hybridized carbons (Fsp3) is 0.500. The number of para-hydroxylation sites is 1. The van der Waals surface area contributed by atoms with Crippen LogP contribution in [0.2, 0.25) is 0 Å². The lowest BCUT2D eigenvalue weighted by atomic mass is 9.84. The number of nitrogen functional groups attached to an aromatic ring is 1. The second-order valence-electron chi connectivity index (χ2n) is 5.70. The fourth-order valence-electron chi connectivity index (χ4n) is 2.49. The highest BCUT2D eigenvalue weighted by Crippen LogP contribution is 2.30. The molecule has 1 fully saturated rings. The Kier molecular flexibility index (Phi) is 3.28. The van der Waals surface area contributed by atoms with E-state index in [4.69, 9.17) is 5.73 Å². The largest absolute Gasteiger partial charge is 0.396 e. The zero-order valence-corrected chi connectivity index (χ0v) is 10.9. The summed E-state index contributed by atoms with van der Waals surface area (Å²) < 4.78 is 13.4. The lowest BCUT2D eigenvalue weighted by Gasteiger charge is -2.38. The van der Waals surface area contributed by atoms with Gasteiger partial charge in [-0.3, -0.25) is 4.79 Å². The van der Waals surface area contributed by atoms with Crippen molar-refractivity contribution in [2.45, 2.75) is 26.7 Å². The van der Waals surface area contributed by atoms with Crippen LogP contribution in [0.1, 0.15) is 37.0 Å². The molecule has 0 saturated carbocycles. The van der Waals surface area contributed by atoms with Crippen LogP contribution in [0.3, 0.4) is 0 Å². The quantitative estimate of drug-likeness (QED) is 0.779. The minimum absolute atomic E-state index is 0.0501. The summed E-state index contributed by atoms with van der Waals surface area (Å²) in [6.45, 7) is 5.70. The number of amides is 1. The van der Waals surface area contributed by atoms with Crippen molar-refractivity contribution in [2.24, 2.45) is 5.41 Å². The lowest BCUT2D eigenvalue weighted by Crippen LogP contribution is -2.43. The number of benzene rings is 1. The van der Waals surface area contributed by atoms with Crippen molar-refractivity contribution in [3.05, 3.63) is 29.6 Å². The van der Waals surface area contributed by atoms with Crippen LogP contribution in [0.15, 0.2) is 18.2 Å². The highest BCUT2D eigenvalue weighted by molar-refractivity contribution is 5.99. The molecule has 0 bridgehead atoms. The van der Waals surface area contributed by atoms with E-state index in [1.54, 1.807) is 11.0 Å². The van der Waals surface area contributed by atoms with Gasteiger partial charge in [-0.15, -0.1) is 0 Å². The molecule has 98 valence electrons. The number of carbonyl (C=O) groups excluding carboxylic acids is 1. The second-order valence-corrected chi connectivity index (χ2v) is 5.70.